The normalized spacial score (nSPS) is 21.6. The quantitative estimate of drug-likeness (QED) is 0.845. The third kappa shape index (κ3) is 3.76. The largest absolute Gasteiger partial charge is 0.396 e. The maximum Gasteiger partial charge on any atom is 0.251 e. The number of hydrogen-bond donors (Lipinski definition) is 2. The molecule has 2 atom stereocenters. The van der Waals surface area contributed by atoms with Crippen LogP contribution in [0.2, 0.25) is 0 Å². The molecule has 122 valence electrons. The standard InChI is InChI=1S/C17H22N4O2/c22-10-14-4-2-1-3-5-16(14)20-17(23)13-6-8-15(9-7-13)21-12-18-11-19-21/h6-9,11-12,14,16,22H,1-5,10H2,(H,20,23). The second-order valence-corrected chi connectivity index (χ2v) is 6.05. The molecule has 23 heavy (non-hydrogen) atoms. The van der Waals surface area contributed by atoms with Crippen molar-refractivity contribution in [2.24, 2.45) is 5.92 Å². The molecule has 1 saturated carbocycles. The summed E-state index contributed by atoms with van der Waals surface area (Å²) < 4.78 is 1.65. The third-order valence-corrected chi connectivity index (χ3v) is 4.52. The highest BCUT2D eigenvalue weighted by Gasteiger charge is 2.24. The minimum absolute atomic E-state index is 0.0602. The molecule has 0 aliphatic heterocycles. The van der Waals surface area contributed by atoms with E-state index in [1.807, 2.05) is 12.1 Å². The first-order chi connectivity index (χ1) is 11.3. The average Bonchev–Trinajstić information content (AvgIpc) is 3.03. The van der Waals surface area contributed by atoms with Crippen molar-refractivity contribution in [1.82, 2.24) is 20.1 Å². The van der Waals surface area contributed by atoms with E-state index in [1.54, 1.807) is 23.1 Å². The summed E-state index contributed by atoms with van der Waals surface area (Å²) in [5, 5.41) is 16.7. The Labute approximate surface area is 135 Å². The van der Waals surface area contributed by atoms with E-state index in [9.17, 15) is 9.90 Å². The summed E-state index contributed by atoms with van der Waals surface area (Å²) in [5.74, 6) is 0.0800. The van der Waals surface area contributed by atoms with Crippen LogP contribution in [-0.2, 0) is 0 Å². The minimum atomic E-state index is -0.0829. The van der Waals surface area contributed by atoms with Crippen molar-refractivity contribution < 1.29 is 9.90 Å². The van der Waals surface area contributed by atoms with Crippen molar-refractivity contribution in [3.63, 3.8) is 0 Å². The zero-order valence-corrected chi connectivity index (χ0v) is 13.1. The van der Waals surface area contributed by atoms with Crippen LogP contribution in [0.5, 0.6) is 0 Å². The van der Waals surface area contributed by atoms with Gasteiger partial charge in [0, 0.05) is 24.1 Å². The molecule has 1 fully saturated rings. The Morgan fingerprint density at radius 3 is 2.70 bits per heavy atom. The molecule has 2 aromatic rings. The van der Waals surface area contributed by atoms with Gasteiger partial charge in [-0.2, -0.15) is 5.10 Å². The van der Waals surface area contributed by atoms with Crippen molar-refractivity contribution in [3.8, 4) is 5.69 Å². The van der Waals surface area contributed by atoms with Gasteiger partial charge in [0.05, 0.1) is 5.69 Å². The molecule has 6 heteroatoms. The van der Waals surface area contributed by atoms with Crippen LogP contribution in [0.1, 0.15) is 42.5 Å². The number of benzene rings is 1. The van der Waals surface area contributed by atoms with Gasteiger partial charge < -0.3 is 10.4 Å². The Morgan fingerprint density at radius 1 is 1.22 bits per heavy atom. The molecule has 0 radical (unpaired) electrons. The first-order valence-electron chi connectivity index (χ1n) is 8.14. The zero-order chi connectivity index (χ0) is 16.1. The molecule has 1 amide bonds. The van der Waals surface area contributed by atoms with Gasteiger partial charge >= 0.3 is 0 Å². The Kier molecular flexibility index (Phi) is 5.02. The van der Waals surface area contributed by atoms with Gasteiger partial charge in [-0.3, -0.25) is 4.79 Å². The minimum Gasteiger partial charge on any atom is -0.396 e. The Hall–Kier alpha value is -2.21. The molecule has 1 aromatic carbocycles. The molecular formula is C17H22N4O2. The van der Waals surface area contributed by atoms with Crippen molar-refractivity contribution in [2.75, 3.05) is 6.61 Å². The van der Waals surface area contributed by atoms with E-state index >= 15 is 0 Å². The number of amides is 1. The van der Waals surface area contributed by atoms with Crippen LogP contribution in [0, 0.1) is 5.92 Å². The molecule has 1 aromatic heterocycles. The molecule has 0 saturated heterocycles. The van der Waals surface area contributed by atoms with Gasteiger partial charge in [-0.1, -0.05) is 19.3 Å². The van der Waals surface area contributed by atoms with Crippen LogP contribution in [0.15, 0.2) is 36.9 Å². The summed E-state index contributed by atoms with van der Waals surface area (Å²) in [6, 6.07) is 7.33. The molecule has 0 bridgehead atoms. The number of carbonyl (C=O) groups is 1. The van der Waals surface area contributed by atoms with Crippen LogP contribution in [0.3, 0.4) is 0 Å². The van der Waals surface area contributed by atoms with Crippen molar-refractivity contribution in [2.45, 2.75) is 38.1 Å². The van der Waals surface area contributed by atoms with Gasteiger partial charge in [0.15, 0.2) is 0 Å². The van der Waals surface area contributed by atoms with Gasteiger partial charge in [0.25, 0.3) is 5.91 Å². The number of aliphatic hydroxyl groups is 1. The Balaban J connectivity index is 1.67. The summed E-state index contributed by atoms with van der Waals surface area (Å²) in [5.41, 5.74) is 1.48. The first kappa shape index (κ1) is 15.7. The molecular weight excluding hydrogens is 292 g/mol. The number of rotatable bonds is 4. The van der Waals surface area contributed by atoms with E-state index in [0.29, 0.717) is 5.56 Å². The molecule has 1 heterocycles. The molecule has 0 spiro atoms. The van der Waals surface area contributed by atoms with Crippen LogP contribution in [0.4, 0.5) is 0 Å². The number of aliphatic hydroxyl groups excluding tert-OH is 1. The molecule has 6 nitrogen and oxygen atoms in total. The van der Waals surface area contributed by atoms with Gasteiger partial charge in [0.1, 0.15) is 12.7 Å². The first-order valence-corrected chi connectivity index (χ1v) is 8.14. The van der Waals surface area contributed by atoms with Crippen LogP contribution < -0.4 is 5.32 Å². The van der Waals surface area contributed by atoms with E-state index in [0.717, 1.165) is 31.4 Å². The monoisotopic (exact) mass is 314 g/mol. The highest BCUT2D eigenvalue weighted by Crippen LogP contribution is 2.23. The lowest BCUT2D eigenvalue weighted by Crippen LogP contribution is -2.41. The van der Waals surface area contributed by atoms with Crippen LogP contribution >= 0.6 is 0 Å². The fourth-order valence-corrected chi connectivity index (χ4v) is 3.15. The highest BCUT2D eigenvalue weighted by molar-refractivity contribution is 5.94. The van der Waals surface area contributed by atoms with Crippen LogP contribution in [-0.4, -0.2) is 38.4 Å². The summed E-state index contributed by atoms with van der Waals surface area (Å²) in [6.45, 7) is 0.135. The molecule has 2 unspecified atom stereocenters. The average molecular weight is 314 g/mol. The smallest absolute Gasteiger partial charge is 0.251 e. The summed E-state index contributed by atoms with van der Waals surface area (Å²) in [6.07, 6.45) is 8.42. The Bertz CT molecular complexity index is 625. The number of aromatic nitrogens is 3. The van der Waals surface area contributed by atoms with E-state index in [1.165, 1.54) is 12.7 Å². The molecule has 1 aliphatic rings. The topological polar surface area (TPSA) is 80.0 Å². The van der Waals surface area contributed by atoms with E-state index in [-0.39, 0.29) is 24.5 Å². The van der Waals surface area contributed by atoms with Gasteiger partial charge in [-0.25, -0.2) is 9.67 Å². The SMILES string of the molecule is O=C(NC1CCCCCC1CO)c1ccc(-n2cncn2)cc1. The van der Waals surface area contributed by atoms with Gasteiger partial charge in [-0.15, -0.1) is 0 Å². The highest BCUT2D eigenvalue weighted by atomic mass is 16.3. The lowest BCUT2D eigenvalue weighted by atomic mass is 9.95. The van der Waals surface area contributed by atoms with E-state index in [2.05, 4.69) is 15.4 Å². The van der Waals surface area contributed by atoms with Gasteiger partial charge in [-0.05, 0) is 37.1 Å². The second-order valence-electron chi connectivity index (χ2n) is 6.05. The zero-order valence-electron chi connectivity index (χ0n) is 13.1. The summed E-state index contributed by atoms with van der Waals surface area (Å²) in [7, 11) is 0. The maximum atomic E-state index is 12.5. The molecule has 2 N–H and O–H groups in total. The second kappa shape index (κ2) is 7.37. The summed E-state index contributed by atoms with van der Waals surface area (Å²) in [4.78, 5) is 16.4. The van der Waals surface area contributed by atoms with Crippen molar-refractivity contribution in [1.29, 1.82) is 0 Å². The lowest BCUT2D eigenvalue weighted by Gasteiger charge is -2.24. The number of nitrogens with one attached hydrogen (secondary N) is 1. The number of nitrogens with zero attached hydrogens (tertiary/aromatic N) is 3. The Morgan fingerprint density at radius 2 is 2.00 bits per heavy atom. The fraction of sp³-hybridized carbons (Fsp3) is 0.471. The predicted molar refractivity (Wildman–Crippen MR) is 86.3 cm³/mol. The molecule has 3 rings (SSSR count). The van der Waals surface area contributed by atoms with E-state index < -0.39 is 0 Å². The van der Waals surface area contributed by atoms with E-state index in [4.69, 9.17) is 0 Å². The van der Waals surface area contributed by atoms with Crippen molar-refractivity contribution >= 4 is 5.91 Å². The number of carbonyl (C=O) groups excluding carboxylic acids is 1. The lowest BCUT2D eigenvalue weighted by molar-refractivity contribution is 0.0899. The van der Waals surface area contributed by atoms with Crippen molar-refractivity contribution in [3.05, 3.63) is 42.5 Å². The third-order valence-electron chi connectivity index (χ3n) is 4.52. The number of hydrogen-bond acceptors (Lipinski definition) is 4. The fourth-order valence-electron chi connectivity index (χ4n) is 3.15. The predicted octanol–water partition coefficient (Wildman–Crippen LogP) is 1.94. The summed E-state index contributed by atoms with van der Waals surface area (Å²) >= 11 is 0. The van der Waals surface area contributed by atoms with Crippen LogP contribution in [0.25, 0.3) is 5.69 Å². The van der Waals surface area contributed by atoms with Gasteiger partial charge in [0.2, 0.25) is 0 Å². The molecule has 1 aliphatic carbocycles. The maximum absolute atomic E-state index is 12.5.